The second kappa shape index (κ2) is 4.96. The van der Waals surface area contributed by atoms with Crippen molar-refractivity contribution in [1.29, 1.82) is 0 Å². The van der Waals surface area contributed by atoms with Crippen LogP contribution >= 0.6 is 0 Å². The summed E-state index contributed by atoms with van der Waals surface area (Å²) in [7, 11) is 0. The molecule has 94 valence electrons. The number of para-hydroxylation sites is 1. The third-order valence-corrected chi connectivity index (χ3v) is 2.74. The third-order valence-electron chi connectivity index (χ3n) is 2.74. The van der Waals surface area contributed by atoms with Crippen molar-refractivity contribution in [3.05, 3.63) is 53.3 Å². The zero-order valence-corrected chi connectivity index (χ0v) is 9.98. The molecule has 0 aliphatic rings. The minimum atomic E-state index is -0.303. The zero-order chi connectivity index (χ0) is 13.1. The van der Waals surface area contributed by atoms with Gasteiger partial charge in [0.05, 0.1) is 0 Å². The fourth-order valence-electron chi connectivity index (χ4n) is 1.61. The summed E-state index contributed by atoms with van der Waals surface area (Å²) < 4.78 is 18.6. The Balaban J connectivity index is 2.16. The molecule has 2 aromatic carbocycles. The van der Waals surface area contributed by atoms with Crippen LogP contribution in [-0.2, 0) is 6.61 Å². The van der Waals surface area contributed by atoms with E-state index in [9.17, 15) is 9.50 Å². The Morgan fingerprint density at radius 3 is 2.83 bits per heavy atom. The van der Waals surface area contributed by atoms with Gasteiger partial charge in [0.2, 0.25) is 0 Å². The van der Waals surface area contributed by atoms with E-state index < -0.39 is 0 Å². The van der Waals surface area contributed by atoms with E-state index in [4.69, 9.17) is 10.5 Å². The molecular formula is C14H14FNO2. The number of aryl methyl sites for hydroxylation is 1. The number of nitrogen functional groups attached to an aromatic ring is 1. The first-order chi connectivity index (χ1) is 8.58. The molecule has 0 radical (unpaired) electrons. The molecule has 3 nitrogen and oxygen atoms in total. The molecule has 18 heavy (non-hydrogen) atoms. The lowest BCUT2D eigenvalue weighted by Gasteiger charge is -2.11. The highest BCUT2D eigenvalue weighted by Gasteiger charge is 2.06. The summed E-state index contributed by atoms with van der Waals surface area (Å²) in [6.45, 7) is 2.08. The second-order valence-electron chi connectivity index (χ2n) is 4.05. The van der Waals surface area contributed by atoms with E-state index in [-0.39, 0.29) is 23.9 Å². The normalized spacial score (nSPS) is 10.3. The molecule has 0 aromatic heterocycles. The number of hydrogen-bond donors (Lipinski definition) is 2. The molecule has 2 aromatic rings. The number of ether oxygens (including phenoxy) is 1. The number of halogens is 1. The predicted molar refractivity (Wildman–Crippen MR) is 68.0 cm³/mol. The number of benzene rings is 2. The van der Waals surface area contributed by atoms with Crippen LogP contribution in [0.15, 0.2) is 36.4 Å². The molecule has 4 heteroatoms. The van der Waals surface area contributed by atoms with E-state index in [1.807, 2.05) is 6.92 Å². The molecule has 0 amide bonds. The van der Waals surface area contributed by atoms with E-state index in [0.29, 0.717) is 5.75 Å². The van der Waals surface area contributed by atoms with Crippen LogP contribution < -0.4 is 10.5 Å². The largest absolute Gasteiger partial charge is 0.506 e. The van der Waals surface area contributed by atoms with Gasteiger partial charge in [0.15, 0.2) is 0 Å². The molecule has 0 saturated heterocycles. The molecule has 0 bridgehead atoms. The Hall–Kier alpha value is -2.23. The summed E-state index contributed by atoms with van der Waals surface area (Å²) in [4.78, 5) is 0. The van der Waals surface area contributed by atoms with Crippen molar-refractivity contribution < 1.29 is 14.2 Å². The van der Waals surface area contributed by atoms with Crippen LogP contribution in [0.1, 0.15) is 11.1 Å². The lowest BCUT2D eigenvalue weighted by molar-refractivity contribution is 0.305. The zero-order valence-electron chi connectivity index (χ0n) is 9.98. The van der Waals surface area contributed by atoms with Crippen LogP contribution in [-0.4, -0.2) is 5.11 Å². The maximum atomic E-state index is 13.1. The SMILES string of the molecule is Cc1ccc(F)cc1COc1cccc(O)c1N. The van der Waals surface area contributed by atoms with Gasteiger partial charge in [-0.15, -0.1) is 0 Å². The number of phenols is 1. The maximum Gasteiger partial charge on any atom is 0.146 e. The first-order valence-corrected chi connectivity index (χ1v) is 5.53. The van der Waals surface area contributed by atoms with Gasteiger partial charge in [-0.3, -0.25) is 0 Å². The standard InChI is InChI=1S/C14H14FNO2/c1-9-5-6-11(15)7-10(9)8-18-13-4-2-3-12(17)14(13)16/h2-7,17H,8,16H2,1H3. The average Bonchev–Trinajstić information content (AvgIpc) is 2.35. The smallest absolute Gasteiger partial charge is 0.146 e. The summed E-state index contributed by atoms with van der Waals surface area (Å²) in [5.74, 6) is 0.0604. The number of nitrogens with two attached hydrogens (primary N) is 1. The lowest BCUT2D eigenvalue weighted by Crippen LogP contribution is -2.01. The van der Waals surface area contributed by atoms with E-state index in [1.165, 1.54) is 18.2 Å². The Bertz CT molecular complexity index is 568. The van der Waals surface area contributed by atoms with Crippen molar-refractivity contribution >= 4 is 5.69 Å². The van der Waals surface area contributed by atoms with Crippen LogP contribution in [0.5, 0.6) is 11.5 Å². The van der Waals surface area contributed by atoms with Gasteiger partial charge in [0.25, 0.3) is 0 Å². The second-order valence-corrected chi connectivity index (χ2v) is 4.05. The van der Waals surface area contributed by atoms with Crippen molar-refractivity contribution in [2.24, 2.45) is 0 Å². The maximum absolute atomic E-state index is 13.1. The van der Waals surface area contributed by atoms with Crippen LogP contribution in [0.2, 0.25) is 0 Å². The summed E-state index contributed by atoms with van der Waals surface area (Å²) in [6, 6.07) is 9.30. The van der Waals surface area contributed by atoms with Gasteiger partial charge < -0.3 is 15.6 Å². The summed E-state index contributed by atoms with van der Waals surface area (Å²) in [6.07, 6.45) is 0. The van der Waals surface area contributed by atoms with E-state index in [0.717, 1.165) is 11.1 Å². The predicted octanol–water partition coefficient (Wildman–Crippen LogP) is 3.00. The number of anilines is 1. The van der Waals surface area contributed by atoms with Crippen molar-refractivity contribution in [1.82, 2.24) is 0 Å². The molecule has 0 heterocycles. The Kier molecular flexibility index (Phi) is 3.37. The van der Waals surface area contributed by atoms with Crippen LogP contribution in [0.3, 0.4) is 0 Å². The average molecular weight is 247 g/mol. The molecule has 3 N–H and O–H groups in total. The molecule has 0 atom stereocenters. The van der Waals surface area contributed by atoms with Gasteiger partial charge in [-0.05, 0) is 42.3 Å². The highest BCUT2D eigenvalue weighted by Crippen LogP contribution is 2.30. The minimum Gasteiger partial charge on any atom is -0.506 e. The Morgan fingerprint density at radius 1 is 1.28 bits per heavy atom. The summed E-state index contributed by atoms with van der Waals surface area (Å²) in [5.41, 5.74) is 7.54. The highest BCUT2D eigenvalue weighted by molar-refractivity contribution is 5.61. The molecule has 0 aliphatic carbocycles. The van der Waals surface area contributed by atoms with Gasteiger partial charge in [-0.2, -0.15) is 0 Å². The molecule has 0 unspecified atom stereocenters. The number of phenolic OH excluding ortho intramolecular Hbond substituents is 1. The van der Waals surface area contributed by atoms with Crippen molar-refractivity contribution in [2.75, 3.05) is 5.73 Å². The fourth-order valence-corrected chi connectivity index (χ4v) is 1.61. The molecule has 0 fully saturated rings. The van der Waals surface area contributed by atoms with E-state index in [1.54, 1.807) is 18.2 Å². The van der Waals surface area contributed by atoms with Crippen LogP contribution in [0, 0.1) is 12.7 Å². The first-order valence-electron chi connectivity index (χ1n) is 5.53. The number of rotatable bonds is 3. The van der Waals surface area contributed by atoms with Gasteiger partial charge in [-0.1, -0.05) is 12.1 Å². The van der Waals surface area contributed by atoms with Gasteiger partial charge in [0, 0.05) is 0 Å². The van der Waals surface area contributed by atoms with Gasteiger partial charge >= 0.3 is 0 Å². The Morgan fingerprint density at radius 2 is 2.06 bits per heavy atom. The monoisotopic (exact) mass is 247 g/mol. The molecule has 0 spiro atoms. The van der Waals surface area contributed by atoms with Gasteiger partial charge in [-0.25, -0.2) is 4.39 Å². The molecule has 2 rings (SSSR count). The summed E-state index contributed by atoms with van der Waals surface area (Å²) >= 11 is 0. The minimum absolute atomic E-state index is 0.0246. The molecule has 0 aliphatic heterocycles. The summed E-state index contributed by atoms with van der Waals surface area (Å²) in [5, 5.41) is 9.43. The van der Waals surface area contributed by atoms with Crippen molar-refractivity contribution in [2.45, 2.75) is 13.5 Å². The number of hydrogen-bond acceptors (Lipinski definition) is 3. The van der Waals surface area contributed by atoms with Crippen molar-refractivity contribution in [3.63, 3.8) is 0 Å². The van der Waals surface area contributed by atoms with E-state index >= 15 is 0 Å². The molecule has 0 saturated carbocycles. The topological polar surface area (TPSA) is 55.5 Å². The lowest BCUT2D eigenvalue weighted by atomic mass is 10.1. The van der Waals surface area contributed by atoms with Crippen LogP contribution in [0.25, 0.3) is 0 Å². The van der Waals surface area contributed by atoms with Crippen LogP contribution in [0.4, 0.5) is 10.1 Å². The highest BCUT2D eigenvalue weighted by atomic mass is 19.1. The quantitative estimate of drug-likeness (QED) is 0.647. The van der Waals surface area contributed by atoms with Crippen molar-refractivity contribution in [3.8, 4) is 11.5 Å². The van der Waals surface area contributed by atoms with E-state index in [2.05, 4.69) is 0 Å². The number of aromatic hydroxyl groups is 1. The Labute approximate surface area is 105 Å². The fraction of sp³-hybridized carbons (Fsp3) is 0.143. The van der Waals surface area contributed by atoms with Gasteiger partial charge in [0.1, 0.15) is 29.6 Å². The third kappa shape index (κ3) is 2.53. The first kappa shape index (κ1) is 12.2. The molecular weight excluding hydrogens is 233 g/mol.